The summed E-state index contributed by atoms with van der Waals surface area (Å²) in [7, 11) is 10.7. The Morgan fingerprint density at radius 2 is 0.871 bits per heavy atom. The van der Waals surface area contributed by atoms with Gasteiger partial charge in [0.2, 0.25) is 0 Å². The second-order valence-electron chi connectivity index (χ2n) is 15.1. The van der Waals surface area contributed by atoms with Crippen LogP contribution in [-0.2, 0) is 33.7 Å². The fourth-order valence-corrected chi connectivity index (χ4v) is 9.77. The summed E-state index contributed by atoms with van der Waals surface area (Å²) in [5.41, 5.74) is 16.1. The Labute approximate surface area is 388 Å². The van der Waals surface area contributed by atoms with Crippen molar-refractivity contribution < 1.29 is 20.8 Å². The van der Waals surface area contributed by atoms with Crippen molar-refractivity contribution >= 4 is 58.5 Å². The Morgan fingerprint density at radius 3 is 1.32 bits per heavy atom. The zero-order valence-corrected chi connectivity index (χ0v) is 39.8. The van der Waals surface area contributed by atoms with Gasteiger partial charge in [-0.25, -0.2) is 0 Å². The Hall–Kier alpha value is -5.34. The first kappa shape index (κ1) is 43.3. The van der Waals surface area contributed by atoms with Gasteiger partial charge in [-0.15, -0.1) is 74.6 Å². The van der Waals surface area contributed by atoms with Crippen LogP contribution in [0.25, 0.3) is 77.2 Å². The molecular weight excluding hydrogens is 887 g/mol. The van der Waals surface area contributed by atoms with Crippen molar-refractivity contribution in [2.45, 2.75) is 26.7 Å². The fourth-order valence-electron chi connectivity index (χ4n) is 8.46. The van der Waals surface area contributed by atoms with Gasteiger partial charge in [0.15, 0.2) is 0 Å². The molecule has 4 heteroatoms. The first-order chi connectivity index (χ1) is 30.6. The van der Waals surface area contributed by atoms with E-state index in [2.05, 4.69) is 226 Å². The van der Waals surface area contributed by atoms with Gasteiger partial charge in [-0.2, -0.15) is 29.5 Å². The van der Waals surface area contributed by atoms with Crippen molar-refractivity contribution in [2.75, 3.05) is 0 Å². The Kier molecular flexibility index (Phi) is 14.8. The summed E-state index contributed by atoms with van der Waals surface area (Å²) in [6.45, 7) is 4.46. The van der Waals surface area contributed by atoms with Crippen molar-refractivity contribution in [2.24, 2.45) is 0 Å². The molecule has 10 aromatic carbocycles. The molecule has 0 bridgehead atoms. The molecule has 0 aliphatic carbocycles. The molecule has 0 atom stereocenters. The van der Waals surface area contributed by atoms with E-state index in [1.165, 1.54) is 98.7 Å². The molecule has 0 saturated heterocycles. The van der Waals surface area contributed by atoms with E-state index in [0.29, 0.717) is 0 Å². The molecule has 1 heterocycles. The Bertz CT molecular complexity index is 2780. The molecule has 0 saturated carbocycles. The average Bonchev–Trinajstić information content (AvgIpc) is 4.09. The van der Waals surface area contributed by atoms with Crippen LogP contribution >= 0.6 is 17.0 Å². The monoisotopic (exact) mass is 929 g/mol. The molecule has 0 fully saturated rings. The first-order valence-corrected chi connectivity index (χ1v) is 28.4. The zero-order chi connectivity index (χ0) is 42.7. The van der Waals surface area contributed by atoms with E-state index in [1.54, 1.807) is 0 Å². The van der Waals surface area contributed by atoms with Gasteiger partial charge in [0, 0.05) is 0 Å². The van der Waals surface area contributed by atoms with Gasteiger partial charge < -0.3 is 0 Å². The fraction of sp³-hybridized carbons (Fsp3) is 0.0690. The summed E-state index contributed by atoms with van der Waals surface area (Å²) < 4.78 is 0. The van der Waals surface area contributed by atoms with E-state index >= 15 is 0 Å². The van der Waals surface area contributed by atoms with Crippen LogP contribution in [0.2, 0.25) is 0 Å². The smallest absolute Gasteiger partial charge is 0.0920 e. The minimum atomic E-state index is -0.826. The minimum Gasteiger partial charge on any atom is -0.184 e. The van der Waals surface area contributed by atoms with Gasteiger partial charge in [0.1, 0.15) is 0 Å². The number of hydrogen-bond acceptors (Lipinski definition) is 0. The molecule has 0 N–H and O–H groups in total. The largest absolute Gasteiger partial charge is 0.184 e. The third kappa shape index (κ3) is 9.81. The van der Waals surface area contributed by atoms with Crippen molar-refractivity contribution in [1.82, 2.24) is 0 Å². The van der Waals surface area contributed by atoms with Gasteiger partial charge in [-0.3, -0.25) is 0 Å². The van der Waals surface area contributed by atoms with Crippen LogP contribution in [0.4, 0.5) is 0 Å². The molecule has 2 radical (unpaired) electrons. The molecule has 0 spiro atoms. The molecule has 0 amide bonds. The molecule has 1 aliphatic heterocycles. The Morgan fingerprint density at radius 1 is 0.468 bits per heavy atom. The predicted octanol–water partition coefficient (Wildman–Crippen LogP) is 15.4. The molecule has 62 heavy (non-hydrogen) atoms. The Balaban J connectivity index is 0.000000128. The maximum Gasteiger partial charge on any atom is 0.0920 e. The molecule has 0 unspecified atom stereocenters. The molecule has 1 aliphatic rings. The zero-order valence-electron chi connectivity index (χ0n) is 34.9. The molecule has 0 aromatic heterocycles. The summed E-state index contributed by atoms with van der Waals surface area (Å²) >= 11 is -0.826. The van der Waals surface area contributed by atoms with Crippen LogP contribution in [0, 0.1) is 6.07 Å². The van der Waals surface area contributed by atoms with Crippen molar-refractivity contribution in [3.63, 3.8) is 0 Å². The third-order valence-electron chi connectivity index (χ3n) is 11.4. The van der Waals surface area contributed by atoms with E-state index < -0.39 is 20.8 Å². The molecule has 10 aromatic rings. The van der Waals surface area contributed by atoms with Gasteiger partial charge in [0.05, 0.1) is 9.52 Å². The summed E-state index contributed by atoms with van der Waals surface area (Å²) in [6.07, 6.45) is 2.10. The van der Waals surface area contributed by atoms with E-state index in [-0.39, 0.29) is 0 Å². The summed E-state index contributed by atoms with van der Waals surface area (Å²) in [5.74, 6) is 0. The number of halogens is 2. The van der Waals surface area contributed by atoms with Gasteiger partial charge in [0.25, 0.3) is 0 Å². The normalized spacial score (nSPS) is 11.0. The molecule has 11 rings (SSSR count). The van der Waals surface area contributed by atoms with E-state index in [4.69, 9.17) is 17.0 Å². The summed E-state index contributed by atoms with van der Waals surface area (Å²) in [4.78, 5) is 0. The molecule has 0 nitrogen and oxygen atoms in total. The second-order valence-corrected chi connectivity index (χ2v) is 20.1. The van der Waals surface area contributed by atoms with Crippen molar-refractivity contribution in [3.05, 3.63) is 230 Å². The standard InChI is InChI=1S/2C23H19.C12H7Si.2ClH.Zr/c2*1-2-17-13-14-20-15-21(18-9-5-3-6-10-18)16-22(20)23(17)19-11-7-4-8-12-19;1-3-7-11-9(5-1)10-6-2-4-8-12(10)13-11;;;/h2*3-16H,2H2,1H3;1-7H;2*1H;/q3*-1;;;+2/p-2. The molecule has 302 valence electrons. The van der Waals surface area contributed by atoms with Gasteiger partial charge in [-0.05, 0) is 35.1 Å². The van der Waals surface area contributed by atoms with Gasteiger partial charge >= 0.3 is 37.9 Å². The number of hydrogen-bond donors (Lipinski definition) is 0. The third-order valence-corrected chi connectivity index (χ3v) is 12.8. The maximum atomic E-state index is 4.93. The van der Waals surface area contributed by atoms with E-state index in [9.17, 15) is 0 Å². The summed E-state index contributed by atoms with van der Waals surface area (Å²) in [6, 6.07) is 79.2. The second kappa shape index (κ2) is 21.2. The van der Waals surface area contributed by atoms with E-state index in [1.807, 2.05) is 6.07 Å². The van der Waals surface area contributed by atoms with Gasteiger partial charge in [-0.1, -0.05) is 205 Å². The van der Waals surface area contributed by atoms with Crippen LogP contribution in [0.5, 0.6) is 0 Å². The van der Waals surface area contributed by atoms with Crippen molar-refractivity contribution in [3.8, 4) is 55.6 Å². The maximum absolute atomic E-state index is 4.93. The number of aryl methyl sites for hydroxylation is 2. The molecular formula is C58H45Cl2SiZr-3. The number of rotatable bonds is 6. The number of benzene rings is 8. The topological polar surface area (TPSA) is 0 Å². The van der Waals surface area contributed by atoms with Crippen LogP contribution in [0.1, 0.15) is 25.0 Å². The van der Waals surface area contributed by atoms with Crippen LogP contribution in [0.15, 0.2) is 212 Å². The summed E-state index contributed by atoms with van der Waals surface area (Å²) in [5, 5.41) is 8.17. The quantitative estimate of drug-likeness (QED) is 0.115. The van der Waals surface area contributed by atoms with E-state index in [0.717, 1.165) is 22.4 Å². The predicted molar refractivity (Wildman–Crippen MR) is 267 cm³/mol. The van der Waals surface area contributed by atoms with Crippen molar-refractivity contribution in [1.29, 1.82) is 0 Å². The minimum absolute atomic E-state index is 0.795. The average molecular weight is 932 g/mol. The number of fused-ring (bicyclic) bond motifs is 5. The van der Waals surface area contributed by atoms with Crippen LogP contribution in [-0.4, -0.2) is 9.52 Å². The van der Waals surface area contributed by atoms with Crippen LogP contribution in [0.3, 0.4) is 0 Å². The SMILES string of the molecule is CCc1ccc2[cH-]c(-c3ccccc3)cc2c1-c1ccccc1.CCc1ccc2[cH-]c(-c3ccccc3)cc2c1-c1ccccc1.[Cl][Zr][Cl].[c-]1cccc2c1[Si]c1ccccc1-2. The van der Waals surface area contributed by atoms with Crippen LogP contribution < -0.4 is 10.4 Å². The first-order valence-electron chi connectivity index (χ1n) is 21.1.